The first-order valence-electron chi connectivity index (χ1n) is 5.21. The molecule has 0 aromatic carbocycles. The van der Waals surface area contributed by atoms with Crippen molar-refractivity contribution in [3.63, 3.8) is 0 Å². The molecule has 98 valence electrons. The molecule has 0 aliphatic heterocycles. The second-order valence-electron chi connectivity index (χ2n) is 3.59. The van der Waals surface area contributed by atoms with Crippen LogP contribution < -0.4 is 11.1 Å². The summed E-state index contributed by atoms with van der Waals surface area (Å²) in [6, 6.07) is 3.95. The molecular weight excluding hydrogens is 252 g/mol. The maximum Gasteiger partial charge on any atom is 0.276 e. The van der Waals surface area contributed by atoms with Gasteiger partial charge in [0, 0.05) is 13.2 Å². The van der Waals surface area contributed by atoms with Crippen molar-refractivity contribution < 1.29 is 9.72 Å². The molecular formula is C10H10N6O3. The average molecular weight is 262 g/mol. The summed E-state index contributed by atoms with van der Waals surface area (Å²) in [5, 5.41) is 17.4. The van der Waals surface area contributed by atoms with Gasteiger partial charge in [0.2, 0.25) is 0 Å². The van der Waals surface area contributed by atoms with E-state index in [1.165, 1.54) is 29.1 Å². The molecule has 0 aliphatic carbocycles. The predicted molar refractivity (Wildman–Crippen MR) is 66.1 cm³/mol. The first-order valence-corrected chi connectivity index (χ1v) is 5.21. The van der Waals surface area contributed by atoms with Crippen molar-refractivity contribution in [1.82, 2.24) is 14.8 Å². The highest BCUT2D eigenvalue weighted by Gasteiger charge is 2.13. The number of nitrogens with two attached hydrogens (primary N) is 1. The molecule has 0 saturated carbocycles. The second-order valence-corrected chi connectivity index (χ2v) is 3.59. The number of nitrogens with zero attached hydrogens (tertiary/aromatic N) is 4. The fourth-order valence-corrected chi connectivity index (χ4v) is 1.44. The number of primary amides is 1. The molecule has 9 nitrogen and oxygen atoms in total. The van der Waals surface area contributed by atoms with Gasteiger partial charge in [-0.2, -0.15) is 5.10 Å². The topological polar surface area (TPSA) is 129 Å². The molecule has 2 aromatic heterocycles. The lowest BCUT2D eigenvalue weighted by atomic mass is 10.3. The Morgan fingerprint density at radius 2 is 2.26 bits per heavy atom. The SMILES string of the molecule is CNc1cc([N+](=O)[O-])cc(-n2ccc(C(N)=O)n2)n1. The van der Waals surface area contributed by atoms with Gasteiger partial charge < -0.3 is 11.1 Å². The molecule has 0 radical (unpaired) electrons. The second kappa shape index (κ2) is 4.72. The normalized spacial score (nSPS) is 10.2. The van der Waals surface area contributed by atoms with Crippen LogP contribution in [-0.4, -0.2) is 32.6 Å². The van der Waals surface area contributed by atoms with Gasteiger partial charge in [0.15, 0.2) is 5.82 Å². The van der Waals surface area contributed by atoms with Gasteiger partial charge in [-0.1, -0.05) is 0 Å². The molecule has 1 amide bonds. The number of hydrogen-bond donors (Lipinski definition) is 2. The summed E-state index contributed by atoms with van der Waals surface area (Å²) in [6.45, 7) is 0. The van der Waals surface area contributed by atoms with Gasteiger partial charge in [0.25, 0.3) is 11.6 Å². The minimum Gasteiger partial charge on any atom is -0.373 e. The Balaban J connectivity index is 2.50. The highest BCUT2D eigenvalue weighted by Crippen LogP contribution is 2.19. The van der Waals surface area contributed by atoms with E-state index in [0.717, 1.165) is 0 Å². The minimum absolute atomic E-state index is 0.0549. The lowest BCUT2D eigenvalue weighted by Crippen LogP contribution is -2.12. The van der Waals surface area contributed by atoms with Crippen molar-refractivity contribution in [2.24, 2.45) is 5.73 Å². The standard InChI is InChI=1S/C10H10N6O3/c1-12-8-4-6(16(18)19)5-9(13-8)15-3-2-7(14-15)10(11)17/h2-5H,1H3,(H2,11,17)(H,12,13). The molecule has 0 bridgehead atoms. The van der Waals surface area contributed by atoms with Gasteiger partial charge >= 0.3 is 0 Å². The van der Waals surface area contributed by atoms with Crippen molar-refractivity contribution in [2.75, 3.05) is 12.4 Å². The van der Waals surface area contributed by atoms with Crippen LogP contribution in [0.2, 0.25) is 0 Å². The Morgan fingerprint density at radius 1 is 1.53 bits per heavy atom. The van der Waals surface area contributed by atoms with Crippen LogP contribution in [0, 0.1) is 10.1 Å². The lowest BCUT2D eigenvalue weighted by Gasteiger charge is -2.04. The van der Waals surface area contributed by atoms with Gasteiger partial charge in [0.05, 0.1) is 17.1 Å². The Labute approximate surface area is 107 Å². The number of carbonyl (C=O) groups is 1. The maximum atomic E-state index is 10.9. The number of hydrogen-bond acceptors (Lipinski definition) is 6. The van der Waals surface area contributed by atoms with E-state index in [2.05, 4.69) is 15.4 Å². The molecule has 0 spiro atoms. The van der Waals surface area contributed by atoms with Crippen molar-refractivity contribution >= 4 is 17.4 Å². The molecule has 0 atom stereocenters. The summed E-state index contributed by atoms with van der Waals surface area (Å²) < 4.78 is 1.24. The van der Waals surface area contributed by atoms with Crippen molar-refractivity contribution in [3.05, 3.63) is 40.2 Å². The number of anilines is 1. The molecule has 0 fully saturated rings. The molecule has 2 rings (SSSR count). The average Bonchev–Trinajstić information content (AvgIpc) is 2.87. The number of amides is 1. The number of nitrogens with one attached hydrogen (secondary N) is 1. The van der Waals surface area contributed by atoms with Crippen LogP contribution in [-0.2, 0) is 0 Å². The summed E-state index contributed by atoms with van der Waals surface area (Å²) in [5.74, 6) is -0.149. The fourth-order valence-electron chi connectivity index (χ4n) is 1.44. The van der Waals surface area contributed by atoms with Crippen LogP contribution >= 0.6 is 0 Å². The molecule has 3 N–H and O–H groups in total. The van der Waals surface area contributed by atoms with Crippen LogP contribution in [0.1, 0.15) is 10.5 Å². The highest BCUT2D eigenvalue weighted by molar-refractivity contribution is 5.90. The summed E-state index contributed by atoms with van der Waals surface area (Å²) in [6.07, 6.45) is 1.45. The van der Waals surface area contributed by atoms with Crippen LogP contribution in [0.15, 0.2) is 24.4 Å². The van der Waals surface area contributed by atoms with E-state index >= 15 is 0 Å². The summed E-state index contributed by atoms with van der Waals surface area (Å²) >= 11 is 0. The Kier molecular flexibility index (Phi) is 3.10. The van der Waals surface area contributed by atoms with E-state index in [0.29, 0.717) is 5.82 Å². The molecule has 0 saturated heterocycles. The zero-order valence-electron chi connectivity index (χ0n) is 9.90. The van der Waals surface area contributed by atoms with Crippen LogP contribution in [0.5, 0.6) is 0 Å². The van der Waals surface area contributed by atoms with Crippen LogP contribution in [0.25, 0.3) is 5.82 Å². The van der Waals surface area contributed by atoms with E-state index in [-0.39, 0.29) is 17.2 Å². The Hall–Kier alpha value is -2.97. The fraction of sp³-hybridized carbons (Fsp3) is 0.100. The van der Waals surface area contributed by atoms with Crippen molar-refractivity contribution in [1.29, 1.82) is 0 Å². The van der Waals surface area contributed by atoms with Gasteiger partial charge in [0.1, 0.15) is 11.5 Å². The van der Waals surface area contributed by atoms with E-state index in [1.807, 2.05) is 0 Å². The first kappa shape index (κ1) is 12.5. The van der Waals surface area contributed by atoms with Gasteiger partial charge in [-0.15, -0.1) is 0 Å². The molecule has 2 heterocycles. The van der Waals surface area contributed by atoms with Crippen molar-refractivity contribution in [2.45, 2.75) is 0 Å². The first-order chi connectivity index (χ1) is 9.01. The Bertz CT molecular complexity index is 650. The van der Waals surface area contributed by atoms with E-state index in [1.54, 1.807) is 7.05 Å². The van der Waals surface area contributed by atoms with E-state index in [4.69, 9.17) is 5.73 Å². The third-order valence-electron chi connectivity index (χ3n) is 2.34. The summed E-state index contributed by atoms with van der Waals surface area (Å²) in [4.78, 5) is 25.3. The summed E-state index contributed by atoms with van der Waals surface area (Å²) in [5.41, 5.74) is 5.00. The molecule has 0 unspecified atom stereocenters. The number of rotatable bonds is 4. The highest BCUT2D eigenvalue weighted by atomic mass is 16.6. The van der Waals surface area contributed by atoms with Gasteiger partial charge in [-0.05, 0) is 6.07 Å². The quantitative estimate of drug-likeness (QED) is 0.602. The van der Waals surface area contributed by atoms with Gasteiger partial charge in [-0.25, -0.2) is 9.67 Å². The van der Waals surface area contributed by atoms with Crippen molar-refractivity contribution in [3.8, 4) is 5.82 Å². The van der Waals surface area contributed by atoms with E-state index < -0.39 is 10.8 Å². The number of carbonyl (C=O) groups excluding carboxylic acids is 1. The third-order valence-corrected chi connectivity index (χ3v) is 2.34. The number of aromatic nitrogens is 3. The number of pyridine rings is 1. The molecule has 0 aliphatic rings. The zero-order valence-corrected chi connectivity index (χ0v) is 9.90. The number of nitro groups is 1. The largest absolute Gasteiger partial charge is 0.373 e. The smallest absolute Gasteiger partial charge is 0.276 e. The predicted octanol–water partition coefficient (Wildman–Crippen LogP) is 0.316. The maximum absolute atomic E-state index is 10.9. The monoisotopic (exact) mass is 262 g/mol. The lowest BCUT2D eigenvalue weighted by molar-refractivity contribution is -0.384. The third kappa shape index (κ3) is 2.49. The zero-order chi connectivity index (χ0) is 14.0. The molecule has 19 heavy (non-hydrogen) atoms. The van der Waals surface area contributed by atoms with E-state index in [9.17, 15) is 14.9 Å². The van der Waals surface area contributed by atoms with Gasteiger partial charge in [-0.3, -0.25) is 14.9 Å². The minimum atomic E-state index is -0.682. The summed E-state index contributed by atoms with van der Waals surface area (Å²) in [7, 11) is 1.59. The van der Waals surface area contributed by atoms with Crippen LogP contribution in [0.3, 0.4) is 0 Å². The Morgan fingerprint density at radius 3 is 2.79 bits per heavy atom. The molecule has 9 heteroatoms. The molecule has 2 aromatic rings. The van der Waals surface area contributed by atoms with Crippen LogP contribution in [0.4, 0.5) is 11.5 Å².